The summed E-state index contributed by atoms with van der Waals surface area (Å²) in [4.78, 5) is 4.38. The van der Waals surface area contributed by atoms with Gasteiger partial charge >= 0.3 is 0 Å². The number of ether oxygens (including phenoxy) is 2. The summed E-state index contributed by atoms with van der Waals surface area (Å²) >= 11 is 0. The number of halogens is 1. The van der Waals surface area contributed by atoms with Gasteiger partial charge in [0.1, 0.15) is 5.82 Å². The Morgan fingerprint density at radius 1 is 1.15 bits per heavy atom. The van der Waals surface area contributed by atoms with E-state index in [9.17, 15) is 4.39 Å². The molecule has 1 fully saturated rings. The van der Waals surface area contributed by atoms with E-state index in [1.54, 1.807) is 18.3 Å². The van der Waals surface area contributed by atoms with Gasteiger partial charge in [0.25, 0.3) is 0 Å². The van der Waals surface area contributed by atoms with E-state index in [2.05, 4.69) is 35.9 Å². The maximum Gasteiger partial charge on any atom is 0.222 e. The Morgan fingerprint density at radius 3 is 2.58 bits per heavy atom. The van der Waals surface area contributed by atoms with Crippen LogP contribution in [0, 0.1) is 23.6 Å². The molecule has 0 N–H and O–H groups in total. The highest BCUT2D eigenvalue weighted by Gasteiger charge is 2.18. The summed E-state index contributed by atoms with van der Waals surface area (Å²) < 4.78 is 24.3. The first-order valence-corrected chi connectivity index (χ1v) is 8.88. The van der Waals surface area contributed by atoms with Crippen molar-refractivity contribution in [1.29, 1.82) is 0 Å². The highest BCUT2D eigenvalue weighted by Crippen LogP contribution is 2.17. The molecule has 0 atom stereocenters. The van der Waals surface area contributed by atoms with Gasteiger partial charge in [0.2, 0.25) is 6.29 Å². The monoisotopic (exact) mass is 351 g/mol. The Kier molecular flexibility index (Phi) is 6.54. The molecular formula is C22H22FNO2. The average Bonchev–Trinajstić information content (AvgIpc) is 2.69. The van der Waals surface area contributed by atoms with Crippen molar-refractivity contribution >= 4 is 0 Å². The molecule has 0 radical (unpaired) electrons. The van der Waals surface area contributed by atoms with Gasteiger partial charge < -0.3 is 9.47 Å². The second kappa shape index (κ2) is 9.28. The first-order chi connectivity index (χ1) is 12.7. The maximum absolute atomic E-state index is 13.0. The van der Waals surface area contributed by atoms with Gasteiger partial charge in [-0.05, 0) is 48.7 Å². The van der Waals surface area contributed by atoms with Gasteiger partial charge in [-0.2, -0.15) is 0 Å². The minimum Gasteiger partial charge on any atom is -0.341 e. The lowest BCUT2D eigenvalue weighted by Crippen LogP contribution is -2.30. The van der Waals surface area contributed by atoms with Crippen LogP contribution in [0.5, 0.6) is 0 Å². The van der Waals surface area contributed by atoms with E-state index in [4.69, 9.17) is 9.47 Å². The van der Waals surface area contributed by atoms with E-state index in [1.807, 2.05) is 12.1 Å². The van der Waals surface area contributed by atoms with Crippen molar-refractivity contribution in [3.05, 3.63) is 66.1 Å². The minimum absolute atomic E-state index is 0.258. The Bertz CT molecular complexity index is 780. The predicted molar refractivity (Wildman–Crippen MR) is 99.7 cm³/mol. The molecule has 3 rings (SSSR count). The van der Waals surface area contributed by atoms with E-state index < -0.39 is 6.29 Å². The third-order valence-electron chi connectivity index (χ3n) is 4.02. The van der Waals surface area contributed by atoms with Crippen LogP contribution in [0.1, 0.15) is 25.3 Å². The van der Waals surface area contributed by atoms with Gasteiger partial charge in [-0.3, -0.25) is 4.98 Å². The van der Waals surface area contributed by atoms with Crippen LogP contribution in [0.15, 0.2) is 54.7 Å². The quantitative estimate of drug-likeness (QED) is 0.597. The molecule has 1 aliphatic rings. The van der Waals surface area contributed by atoms with Crippen LogP contribution in [-0.4, -0.2) is 24.5 Å². The molecule has 1 aliphatic heterocycles. The molecule has 0 saturated carbocycles. The number of hydrogen-bond acceptors (Lipinski definition) is 3. The van der Waals surface area contributed by atoms with Crippen molar-refractivity contribution in [1.82, 2.24) is 4.98 Å². The highest BCUT2D eigenvalue weighted by atomic mass is 19.1. The average molecular weight is 351 g/mol. The normalized spacial score (nSPS) is 19.9. The molecule has 1 aromatic carbocycles. The lowest BCUT2D eigenvalue weighted by atomic mass is 10.1. The molecule has 2 heterocycles. The standard InChI is InChI=1S/C22H22FNO2/c1-2-3-4-5-18-15-25-22(26-16-18)13-7-17-6-12-21(24-14-17)19-8-10-20(23)11-9-19/h4-6,8-12,14,18,22H,2-3,15-16H2,1H3/t18-,22-. The lowest BCUT2D eigenvalue weighted by molar-refractivity contribution is -0.160. The number of rotatable bonds is 4. The van der Waals surface area contributed by atoms with Crippen molar-refractivity contribution in [3.63, 3.8) is 0 Å². The lowest BCUT2D eigenvalue weighted by Gasteiger charge is -2.24. The van der Waals surface area contributed by atoms with Crippen LogP contribution in [-0.2, 0) is 9.47 Å². The van der Waals surface area contributed by atoms with Crippen molar-refractivity contribution in [3.8, 4) is 23.1 Å². The van der Waals surface area contributed by atoms with Crippen molar-refractivity contribution < 1.29 is 13.9 Å². The fourth-order valence-corrected chi connectivity index (χ4v) is 2.57. The molecule has 3 nitrogen and oxygen atoms in total. The summed E-state index contributed by atoms with van der Waals surface area (Å²) in [7, 11) is 0. The van der Waals surface area contributed by atoms with Gasteiger partial charge in [-0.15, -0.1) is 0 Å². The van der Waals surface area contributed by atoms with E-state index >= 15 is 0 Å². The van der Waals surface area contributed by atoms with Crippen LogP contribution >= 0.6 is 0 Å². The third-order valence-corrected chi connectivity index (χ3v) is 4.02. The zero-order valence-corrected chi connectivity index (χ0v) is 14.8. The summed E-state index contributed by atoms with van der Waals surface area (Å²) in [6.07, 6.45) is 7.77. The number of pyridine rings is 1. The number of benzene rings is 1. The highest BCUT2D eigenvalue weighted by molar-refractivity contribution is 5.59. The van der Waals surface area contributed by atoms with Gasteiger partial charge in [-0.25, -0.2) is 4.39 Å². The van der Waals surface area contributed by atoms with Crippen LogP contribution in [0.3, 0.4) is 0 Å². The zero-order chi connectivity index (χ0) is 18.2. The summed E-state index contributed by atoms with van der Waals surface area (Å²) in [6, 6.07) is 10.0. The Morgan fingerprint density at radius 2 is 1.92 bits per heavy atom. The molecule has 134 valence electrons. The fourth-order valence-electron chi connectivity index (χ4n) is 2.57. The Balaban J connectivity index is 1.55. The second-order valence-corrected chi connectivity index (χ2v) is 6.18. The van der Waals surface area contributed by atoms with Crippen LogP contribution in [0.4, 0.5) is 4.39 Å². The number of hydrogen-bond donors (Lipinski definition) is 0. The predicted octanol–water partition coefficient (Wildman–Crippen LogP) is 4.58. The number of allylic oxidation sites excluding steroid dienone is 1. The topological polar surface area (TPSA) is 31.4 Å². The summed E-state index contributed by atoms with van der Waals surface area (Å²) in [5.41, 5.74) is 2.43. The maximum atomic E-state index is 13.0. The molecule has 0 spiro atoms. The van der Waals surface area contributed by atoms with E-state index in [0.29, 0.717) is 19.1 Å². The molecule has 1 aromatic heterocycles. The Labute approximate surface area is 153 Å². The van der Waals surface area contributed by atoms with E-state index in [1.165, 1.54) is 12.1 Å². The SMILES string of the molecule is CCCC=C[C@H]1CO[C@H](C#Cc2ccc(-c3ccc(F)cc3)nc2)OC1. The fraction of sp³-hybridized carbons (Fsp3) is 0.318. The molecule has 4 heteroatoms. The van der Waals surface area contributed by atoms with Crippen LogP contribution in [0.2, 0.25) is 0 Å². The number of aromatic nitrogens is 1. The smallest absolute Gasteiger partial charge is 0.222 e. The van der Waals surface area contributed by atoms with Crippen molar-refractivity contribution in [2.45, 2.75) is 26.1 Å². The van der Waals surface area contributed by atoms with E-state index in [0.717, 1.165) is 29.7 Å². The second-order valence-electron chi connectivity index (χ2n) is 6.18. The molecule has 0 unspecified atom stereocenters. The van der Waals surface area contributed by atoms with Gasteiger partial charge in [0.15, 0.2) is 0 Å². The van der Waals surface area contributed by atoms with Gasteiger partial charge in [0.05, 0.1) is 18.9 Å². The zero-order valence-electron chi connectivity index (χ0n) is 14.8. The molecule has 1 saturated heterocycles. The Hall–Kier alpha value is -2.48. The largest absolute Gasteiger partial charge is 0.341 e. The number of nitrogens with zero attached hydrogens (tertiary/aromatic N) is 1. The van der Waals surface area contributed by atoms with E-state index in [-0.39, 0.29) is 5.82 Å². The summed E-state index contributed by atoms with van der Waals surface area (Å²) in [5, 5.41) is 0. The molecule has 0 aliphatic carbocycles. The van der Waals surface area contributed by atoms with Crippen LogP contribution < -0.4 is 0 Å². The van der Waals surface area contributed by atoms with Gasteiger partial charge in [-0.1, -0.05) is 31.4 Å². The first-order valence-electron chi connectivity index (χ1n) is 8.88. The molecule has 0 bridgehead atoms. The van der Waals surface area contributed by atoms with Crippen molar-refractivity contribution in [2.24, 2.45) is 5.92 Å². The summed E-state index contributed by atoms with van der Waals surface area (Å²) in [5.74, 6) is 6.06. The molecule has 2 aromatic rings. The number of unbranched alkanes of at least 4 members (excludes halogenated alkanes) is 1. The summed E-state index contributed by atoms with van der Waals surface area (Å²) in [6.45, 7) is 3.41. The van der Waals surface area contributed by atoms with Crippen molar-refractivity contribution in [2.75, 3.05) is 13.2 Å². The molecule has 0 amide bonds. The molecular weight excluding hydrogens is 329 g/mol. The third kappa shape index (κ3) is 5.26. The minimum atomic E-state index is -0.498. The molecule has 26 heavy (non-hydrogen) atoms. The van der Waals surface area contributed by atoms with Gasteiger partial charge in [0, 0.05) is 23.2 Å². The van der Waals surface area contributed by atoms with Crippen LogP contribution in [0.25, 0.3) is 11.3 Å². The first kappa shape index (κ1) is 18.3.